The van der Waals surface area contributed by atoms with Gasteiger partial charge in [0.25, 0.3) is 0 Å². The van der Waals surface area contributed by atoms with Gasteiger partial charge in [-0.15, -0.1) is 0 Å². The molecule has 14 heavy (non-hydrogen) atoms. The van der Waals surface area contributed by atoms with Crippen molar-refractivity contribution in [1.82, 2.24) is 0 Å². The average molecular weight is 197 g/mol. The van der Waals surface area contributed by atoms with Crippen molar-refractivity contribution in [1.29, 1.82) is 0 Å². The Morgan fingerprint density at radius 1 is 1.43 bits per heavy atom. The molecule has 4 heteroatoms. The van der Waals surface area contributed by atoms with E-state index in [9.17, 15) is 9.50 Å². The number of aromatic hydroxyl groups is 2. The lowest BCUT2D eigenvalue weighted by Crippen LogP contribution is -2.05. The quantitative estimate of drug-likeness (QED) is 0.642. The molecule has 0 amide bonds. The van der Waals surface area contributed by atoms with Crippen molar-refractivity contribution in [3.8, 4) is 11.5 Å². The van der Waals surface area contributed by atoms with E-state index in [1.807, 2.05) is 0 Å². The summed E-state index contributed by atoms with van der Waals surface area (Å²) in [4.78, 5) is 0. The monoisotopic (exact) mass is 197 g/mol. The van der Waals surface area contributed by atoms with E-state index in [-0.39, 0.29) is 24.5 Å². The SMILES string of the molecule is NC/C(=C/F)Cc1cccc(O)c1O. The molecule has 1 aromatic rings. The second-order valence-corrected chi connectivity index (χ2v) is 2.93. The summed E-state index contributed by atoms with van der Waals surface area (Å²) in [6, 6.07) is 4.55. The minimum atomic E-state index is -0.222. The van der Waals surface area contributed by atoms with E-state index < -0.39 is 0 Å². The molecule has 0 aliphatic carbocycles. The highest BCUT2D eigenvalue weighted by molar-refractivity contribution is 5.45. The first-order chi connectivity index (χ1) is 6.69. The molecule has 0 aromatic heterocycles. The number of nitrogens with two attached hydrogens (primary N) is 1. The van der Waals surface area contributed by atoms with Crippen molar-refractivity contribution in [2.45, 2.75) is 6.42 Å². The van der Waals surface area contributed by atoms with Crippen LogP contribution >= 0.6 is 0 Å². The lowest BCUT2D eigenvalue weighted by atomic mass is 10.1. The van der Waals surface area contributed by atoms with Gasteiger partial charge >= 0.3 is 0 Å². The third-order valence-corrected chi connectivity index (χ3v) is 1.93. The molecule has 0 bridgehead atoms. The van der Waals surface area contributed by atoms with E-state index in [4.69, 9.17) is 10.8 Å². The molecule has 1 aromatic carbocycles. The van der Waals surface area contributed by atoms with Gasteiger partial charge in [0.2, 0.25) is 0 Å². The second kappa shape index (κ2) is 4.62. The van der Waals surface area contributed by atoms with Crippen LogP contribution in [0.25, 0.3) is 0 Å². The van der Waals surface area contributed by atoms with Crippen LogP contribution in [0.1, 0.15) is 5.56 Å². The Hall–Kier alpha value is -1.55. The summed E-state index contributed by atoms with van der Waals surface area (Å²) in [7, 11) is 0. The minimum absolute atomic E-state index is 0.0889. The fourth-order valence-electron chi connectivity index (χ4n) is 1.12. The molecule has 0 aliphatic rings. The van der Waals surface area contributed by atoms with Gasteiger partial charge < -0.3 is 15.9 Å². The Bertz CT molecular complexity index is 350. The normalized spacial score (nSPS) is 11.7. The van der Waals surface area contributed by atoms with E-state index in [1.54, 1.807) is 12.1 Å². The van der Waals surface area contributed by atoms with Gasteiger partial charge in [-0.3, -0.25) is 0 Å². The molecule has 0 heterocycles. The fraction of sp³-hybridized carbons (Fsp3) is 0.200. The fourth-order valence-corrected chi connectivity index (χ4v) is 1.12. The third kappa shape index (κ3) is 2.23. The summed E-state index contributed by atoms with van der Waals surface area (Å²) in [6.07, 6.45) is 0.622. The van der Waals surface area contributed by atoms with E-state index in [2.05, 4.69) is 0 Å². The summed E-state index contributed by atoms with van der Waals surface area (Å²) in [5.74, 6) is -0.432. The maximum Gasteiger partial charge on any atom is 0.160 e. The van der Waals surface area contributed by atoms with Crippen molar-refractivity contribution >= 4 is 0 Å². The zero-order valence-corrected chi connectivity index (χ0v) is 7.57. The second-order valence-electron chi connectivity index (χ2n) is 2.93. The number of halogens is 1. The van der Waals surface area contributed by atoms with Crippen LogP contribution in [0.2, 0.25) is 0 Å². The molecule has 0 unspecified atom stereocenters. The number of para-hydroxylation sites is 1. The largest absolute Gasteiger partial charge is 0.504 e. The van der Waals surface area contributed by atoms with Crippen LogP contribution in [-0.2, 0) is 6.42 Å². The van der Waals surface area contributed by atoms with E-state index in [1.165, 1.54) is 6.07 Å². The van der Waals surface area contributed by atoms with Gasteiger partial charge in [-0.1, -0.05) is 12.1 Å². The predicted octanol–water partition coefficient (Wildman–Crippen LogP) is 1.45. The summed E-state index contributed by atoms with van der Waals surface area (Å²) in [6.45, 7) is 0.0889. The van der Waals surface area contributed by atoms with Gasteiger partial charge in [-0.25, -0.2) is 4.39 Å². The van der Waals surface area contributed by atoms with Crippen LogP contribution in [0, 0.1) is 0 Å². The number of hydrogen-bond acceptors (Lipinski definition) is 3. The molecule has 1 rings (SSSR count). The standard InChI is InChI=1S/C10H12FNO2/c11-5-7(6-12)4-8-2-1-3-9(13)10(8)14/h1-3,5,13-14H,4,6,12H2/b7-5+. The van der Waals surface area contributed by atoms with Crippen molar-refractivity contribution in [2.75, 3.05) is 6.54 Å². The summed E-state index contributed by atoms with van der Waals surface area (Å²) >= 11 is 0. The topological polar surface area (TPSA) is 66.5 Å². The highest BCUT2D eigenvalue weighted by Gasteiger charge is 2.07. The molecule has 0 saturated heterocycles. The maximum atomic E-state index is 12.2. The molecule has 0 aliphatic heterocycles. The molecule has 0 radical (unpaired) electrons. The first kappa shape index (κ1) is 10.5. The highest BCUT2D eigenvalue weighted by Crippen LogP contribution is 2.29. The average Bonchev–Trinajstić information content (AvgIpc) is 2.20. The Kier molecular flexibility index (Phi) is 3.48. The van der Waals surface area contributed by atoms with Crippen molar-refractivity contribution in [3.63, 3.8) is 0 Å². The Labute approximate surface area is 81.3 Å². The molecule has 3 nitrogen and oxygen atoms in total. The predicted molar refractivity (Wildman–Crippen MR) is 51.7 cm³/mol. The lowest BCUT2D eigenvalue weighted by molar-refractivity contribution is 0.400. The van der Waals surface area contributed by atoms with Crippen LogP contribution in [-0.4, -0.2) is 16.8 Å². The Morgan fingerprint density at radius 3 is 2.71 bits per heavy atom. The smallest absolute Gasteiger partial charge is 0.160 e. The van der Waals surface area contributed by atoms with Crippen molar-refractivity contribution in [2.24, 2.45) is 5.73 Å². The number of phenolic OH excluding ortho intramolecular Hbond substituents is 2. The van der Waals surface area contributed by atoms with Gasteiger partial charge in [-0.05, 0) is 11.6 Å². The summed E-state index contributed by atoms with van der Waals surface area (Å²) in [5.41, 5.74) is 6.09. The number of hydrogen-bond donors (Lipinski definition) is 3. The number of phenols is 2. The van der Waals surface area contributed by atoms with E-state index in [0.717, 1.165) is 0 Å². The zero-order valence-electron chi connectivity index (χ0n) is 7.57. The number of rotatable bonds is 3. The van der Waals surface area contributed by atoms with Gasteiger partial charge in [0.15, 0.2) is 11.5 Å². The van der Waals surface area contributed by atoms with Gasteiger partial charge in [0.1, 0.15) is 0 Å². The van der Waals surface area contributed by atoms with E-state index >= 15 is 0 Å². The molecular formula is C10H12FNO2. The molecule has 4 N–H and O–H groups in total. The van der Waals surface area contributed by atoms with Crippen LogP contribution in [0.4, 0.5) is 4.39 Å². The van der Waals surface area contributed by atoms with Crippen LogP contribution in [0.3, 0.4) is 0 Å². The van der Waals surface area contributed by atoms with Crippen LogP contribution in [0.15, 0.2) is 30.1 Å². The molecule has 76 valence electrons. The van der Waals surface area contributed by atoms with Crippen molar-refractivity contribution in [3.05, 3.63) is 35.7 Å². The summed E-state index contributed by atoms with van der Waals surface area (Å²) < 4.78 is 12.2. The summed E-state index contributed by atoms with van der Waals surface area (Å²) in [5, 5.41) is 18.6. The first-order valence-electron chi connectivity index (χ1n) is 4.17. The van der Waals surface area contributed by atoms with Gasteiger partial charge in [0, 0.05) is 18.5 Å². The van der Waals surface area contributed by atoms with Gasteiger partial charge in [-0.2, -0.15) is 0 Å². The molecule has 0 spiro atoms. The molecular weight excluding hydrogens is 185 g/mol. The van der Waals surface area contributed by atoms with E-state index in [0.29, 0.717) is 17.5 Å². The van der Waals surface area contributed by atoms with Crippen LogP contribution < -0.4 is 5.73 Å². The number of benzene rings is 1. The highest BCUT2D eigenvalue weighted by atomic mass is 19.1. The third-order valence-electron chi connectivity index (χ3n) is 1.93. The molecule has 0 fully saturated rings. The van der Waals surface area contributed by atoms with Crippen LogP contribution in [0.5, 0.6) is 11.5 Å². The van der Waals surface area contributed by atoms with Crippen molar-refractivity contribution < 1.29 is 14.6 Å². The minimum Gasteiger partial charge on any atom is -0.504 e. The zero-order chi connectivity index (χ0) is 10.6. The van der Waals surface area contributed by atoms with Gasteiger partial charge in [0.05, 0.1) is 6.33 Å². The Morgan fingerprint density at radius 2 is 2.14 bits per heavy atom. The molecule has 0 saturated carbocycles. The maximum absolute atomic E-state index is 12.2. The Balaban J connectivity index is 2.92. The molecule has 0 atom stereocenters. The lowest BCUT2D eigenvalue weighted by Gasteiger charge is -2.06. The first-order valence-corrected chi connectivity index (χ1v) is 4.17.